The van der Waals surface area contributed by atoms with Crippen molar-refractivity contribution in [2.45, 2.75) is 52.4 Å². The van der Waals surface area contributed by atoms with Gasteiger partial charge < -0.3 is 4.90 Å². The van der Waals surface area contributed by atoms with Crippen LogP contribution in [0.5, 0.6) is 0 Å². The van der Waals surface area contributed by atoms with Gasteiger partial charge in [0.05, 0.1) is 5.69 Å². The van der Waals surface area contributed by atoms with E-state index in [0.717, 1.165) is 60.6 Å². The van der Waals surface area contributed by atoms with Gasteiger partial charge >= 0.3 is 0 Å². The van der Waals surface area contributed by atoms with Crippen molar-refractivity contribution in [3.05, 3.63) is 64.6 Å². The fraction of sp³-hybridized carbons (Fsp3) is 0.435. The summed E-state index contributed by atoms with van der Waals surface area (Å²) in [6, 6.07) is 12.7. The molecule has 0 bridgehead atoms. The van der Waals surface area contributed by atoms with Gasteiger partial charge in [-0.25, -0.2) is 9.50 Å². The molecule has 1 aliphatic heterocycles. The van der Waals surface area contributed by atoms with Crippen molar-refractivity contribution in [3.63, 3.8) is 0 Å². The van der Waals surface area contributed by atoms with Crippen molar-refractivity contribution in [3.8, 4) is 0 Å². The average Bonchev–Trinajstić information content (AvgIpc) is 3.09. The van der Waals surface area contributed by atoms with E-state index < -0.39 is 0 Å². The molecule has 146 valence electrons. The van der Waals surface area contributed by atoms with Crippen LogP contribution in [0.1, 0.15) is 53.4 Å². The summed E-state index contributed by atoms with van der Waals surface area (Å²) in [7, 11) is 0. The van der Waals surface area contributed by atoms with Gasteiger partial charge in [-0.05, 0) is 57.1 Å². The lowest BCUT2D eigenvalue weighted by molar-refractivity contribution is -0.132. The summed E-state index contributed by atoms with van der Waals surface area (Å²) in [5, 5.41) is 4.53. The zero-order valence-corrected chi connectivity index (χ0v) is 17.0. The first kappa shape index (κ1) is 18.7. The molecule has 1 amide bonds. The summed E-state index contributed by atoms with van der Waals surface area (Å²) in [4.78, 5) is 19.5. The molecule has 1 saturated heterocycles. The molecule has 1 aromatic carbocycles. The van der Waals surface area contributed by atoms with Crippen molar-refractivity contribution in [1.82, 2.24) is 19.5 Å². The molecule has 0 atom stereocenters. The lowest BCUT2D eigenvalue weighted by Crippen LogP contribution is -2.38. The molecule has 0 unspecified atom stereocenters. The third kappa shape index (κ3) is 3.66. The van der Waals surface area contributed by atoms with Gasteiger partial charge in [-0.2, -0.15) is 5.10 Å². The van der Waals surface area contributed by atoms with Gasteiger partial charge in [0, 0.05) is 37.0 Å². The third-order valence-corrected chi connectivity index (χ3v) is 5.99. The van der Waals surface area contributed by atoms with Gasteiger partial charge in [0.25, 0.3) is 0 Å². The van der Waals surface area contributed by atoms with E-state index in [1.807, 2.05) is 29.3 Å². The lowest BCUT2D eigenvalue weighted by atomic mass is 9.89. The Balaban J connectivity index is 1.38. The second-order valence-corrected chi connectivity index (χ2v) is 7.88. The average molecular weight is 377 g/mol. The van der Waals surface area contributed by atoms with Crippen LogP contribution in [0.25, 0.3) is 5.65 Å². The molecule has 1 aliphatic rings. The van der Waals surface area contributed by atoms with E-state index >= 15 is 0 Å². The minimum Gasteiger partial charge on any atom is -0.343 e. The number of hydrogen-bond acceptors (Lipinski definition) is 3. The Morgan fingerprint density at radius 1 is 1.11 bits per heavy atom. The molecule has 1 fully saturated rings. The van der Waals surface area contributed by atoms with Crippen molar-refractivity contribution in [2.75, 3.05) is 13.1 Å². The molecule has 28 heavy (non-hydrogen) atoms. The Kier molecular flexibility index (Phi) is 5.16. The maximum atomic E-state index is 12.8. The van der Waals surface area contributed by atoms with Crippen LogP contribution >= 0.6 is 0 Å². The minimum absolute atomic E-state index is 0.252. The number of aromatic nitrogens is 3. The molecule has 5 heteroatoms. The molecule has 0 radical (unpaired) electrons. The Morgan fingerprint density at radius 2 is 1.82 bits per heavy atom. The first-order chi connectivity index (χ1) is 13.5. The Bertz CT molecular complexity index is 985. The van der Waals surface area contributed by atoms with Gasteiger partial charge in [-0.1, -0.05) is 30.3 Å². The molecule has 0 N–H and O–H groups in total. The number of carbonyl (C=O) groups excluding carboxylic acids is 1. The van der Waals surface area contributed by atoms with E-state index in [1.54, 1.807) is 0 Å². The highest BCUT2D eigenvalue weighted by molar-refractivity contribution is 5.76. The second-order valence-electron chi connectivity index (χ2n) is 7.88. The summed E-state index contributed by atoms with van der Waals surface area (Å²) in [6.07, 6.45) is 3.35. The Hall–Kier alpha value is -2.69. The van der Waals surface area contributed by atoms with Gasteiger partial charge in [0.15, 0.2) is 5.65 Å². The van der Waals surface area contributed by atoms with Gasteiger partial charge in [-0.3, -0.25) is 4.79 Å². The standard InChI is InChI=1S/C23H28N4O/c1-16-15-22-24-17(2)21(18(3)27(22)25-16)9-10-23(28)26-13-11-20(12-14-26)19-7-5-4-6-8-19/h4-8,15,20H,9-14H2,1-3H3. The van der Waals surface area contributed by atoms with E-state index in [4.69, 9.17) is 0 Å². The van der Waals surface area contributed by atoms with Crippen molar-refractivity contribution in [2.24, 2.45) is 0 Å². The zero-order chi connectivity index (χ0) is 19.7. The van der Waals surface area contributed by atoms with Crippen LogP contribution < -0.4 is 0 Å². The predicted molar refractivity (Wildman–Crippen MR) is 111 cm³/mol. The van der Waals surface area contributed by atoms with Crippen LogP contribution in [0.2, 0.25) is 0 Å². The van der Waals surface area contributed by atoms with E-state index in [2.05, 4.69) is 47.3 Å². The number of piperidine rings is 1. The maximum absolute atomic E-state index is 12.8. The van der Waals surface area contributed by atoms with Gasteiger partial charge in [0.1, 0.15) is 0 Å². The summed E-state index contributed by atoms with van der Waals surface area (Å²) in [5.41, 5.74) is 6.47. The predicted octanol–water partition coefficient (Wildman–Crippen LogP) is 3.99. The van der Waals surface area contributed by atoms with E-state index in [1.165, 1.54) is 5.56 Å². The number of aryl methyl sites for hydroxylation is 3. The molecule has 0 aliphatic carbocycles. The van der Waals surface area contributed by atoms with E-state index in [9.17, 15) is 4.79 Å². The van der Waals surface area contributed by atoms with Crippen LogP contribution in [-0.2, 0) is 11.2 Å². The smallest absolute Gasteiger partial charge is 0.222 e. The first-order valence-electron chi connectivity index (χ1n) is 10.2. The topological polar surface area (TPSA) is 50.5 Å². The number of fused-ring (bicyclic) bond motifs is 1. The summed E-state index contributed by atoms with van der Waals surface area (Å²) >= 11 is 0. The number of hydrogen-bond donors (Lipinski definition) is 0. The highest BCUT2D eigenvalue weighted by Gasteiger charge is 2.24. The highest BCUT2D eigenvalue weighted by atomic mass is 16.2. The molecule has 0 spiro atoms. The summed E-state index contributed by atoms with van der Waals surface area (Å²) in [6.45, 7) is 7.78. The molecule has 3 heterocycles. The van der Waals surface area contributed by atoms with Crippen LogP contribution in [0.3, 0.4) is 0 Å². The number of carbonyl (C=O) groups is 1. The Labute approximate surface area is 166 Å². The zero-order valence-electron chi connectivity index (χ0n) is 17.0. The van der Waals surface area contributed by atoms with Crippen LogP contribution in [-0.4, -0.2) is 38.5 Å². The Morgan fingerprint density at radius 3 is 2.54 bits per heavy atom. The number of rotatable bonds is 4. The number of likely N-dealkylation sites (tertiary alicyclic amines) is 1. The normalized spacial score (nSPS) is 15.3. The third-order valence-electron chi connectivity index (χ3n) is 5.99. The minimum atomic E-state index is 0.252. The maximum Gasteiger partial charge on any atom is 0.222 e. The fourth-order valence-electron chi connectivity index (χ4n) is 4.38. The van der Waals surface area contributed by atoms with Crippen molar-refractivity contribution < 1.29 is 4.79 Å². The molecular weight excluding hydrogens is 348 g/mol. The molecule has 4 rings (SSSR count). The molecule has 5 nitrogen and oxygen atoms in total. The first-order valence-corrected chi connectivity index (χ1v) is 10.2. The quantitative estimate of drug-likeness (QED) is 0.692. The number of benzene rings is 1. The largest absolute Gasteiger partial charge is 0.343 e. The van der Waals surface area contributed by atoms with Crippen LogP contribution in [0.4, 0.5) is 0 Å². The molecule has 2 aromatic heterocycles. The fourth-order valence-corrected chi connectivity index (χ4v) is 4.38. The second kappa shape index (κ2) is 7.74. The van der Waals surface area contributed by atoms with Crippen LogP contribution in [0.15, 0.2) is 36.4 Å². The van der Waals surface area contributed by atoms with Crippen molar-refractivity contribution in [1.29, 1.82) is 0 Å². The number of amides is 1. The van der Waals surface area contributed by atoms with Gasteiger partial charge in [0.2, 0.25) is 5.91 Å². The summed E-state index contributed by atoms with van der Waals surface area (Å²) < 4.78 is 1.90. The van der Waals surface area contributed by atoms with E-state index in [0.29, 0.717) is 12.3 Å². The SMILES string of the molecule is Cc1cc2nc(C)c(CCC(=O)N3CCC(c4ccccc4)CC3)c(C)n2n1. The van der Waals surface area contributed by atoms with Crippen molar-refractivity contribution >= 4 is 11.6 Å². The number of nitrogens with zero attached hydrogens (tertiary/aromatic N) is 4. The molecule has 0 saturated carbocycles. The highest BCUT2D eigenvalue weighted by Crippen LogP contribution is 2.28. The summed E-state index contributed by atoms with van der Waals surface area (Å²) in [5.74, 6) is 0.825. The molecular formula is C23H28N4O. The monoisotopic (exact) mass is 376 g/mol. The van der Waals surface area contributed by atoms with Gasteiger partial charge in [-0.15, -0.1) is 0 Å². The lowest BCUT2D eigenvalue weighted by Gasteiger charge is -2.32. The van der Waals surface area contributed by atoms with E-state index in [-0.39, 0.29) is 5.91 Å². The molecule has 3 aromatic rings. The van der Waals surface area contributed by atoms with Crippen LogP contribution in [0, 0.1) is 20.8 Å².